The topological polar surface area (TPSA) is 57.8 Å². The van der Waals surface area contributed by atoms with Gasteiger partial charge in [0.05, 0.1) is 23.5 Å². The molecule has 1 heterocycles. The van der Waals surface area contributed by atoms with Crippen LogP contribution in [-0.2, 0) is 13.0 Å². The van der Waals surface area contributed by atoms with Gasteiger partial charge in [-0.05, 0) is 47.4 Å². The number of hydrogen-bond donors (Lipinski definition) is 2. The van der Waals surface area contributed by atoms with Crippen molar-refractivity contribution in [1.29, 1.82) is 0 Å². The van der Waals surface area contributed by atoms with E-state index in [0.29, 0.717) is 23.3 Å². The third-order valence-electron chi connectivity index (χ3n) is 5.04. The molecule has 0 saturated carbocycles. The number of aromatic amines is 1. The maximum absolute atomic E-state index is 13.9. The summed E-state index contributed by atoms with van der Waals surface area (Å²) in [5.74, 6) is 0.261. The van der Waals surface area contributed by atoms with Crippen LogP contribution in [0.15, 0.2) is 77.6 Å². The third kappa shape index (κ3) is 4.25. The first-order valence-electron chi connectivity index (χ1n) is 9.69. The van der Waals surface area contributed by atoms with Crippen LogP contribution < -0.4 is 10.9 Å². The zero-order valence-corrected chi connectivity index (χ0v) is 16.2. The van der Waals surface area contributed by atoms with Crippen LogP contribution in [0.1, 0.15) is 35.5 Å². The van der Waals surface area contributed by atoms with Gasteiger partial charge in [0.1, 0.15) is 11.6 Å². The number of hydrogen-bond acceptors (Lipinski definition) is 3. The van der Waals surface area contributed by atoms with Crippen molar-refractivity contribution in [3.63, 3.8) is 0 Å². The fourth-order valence-electron chi connectivity index (χ4n) is 3.48. The van der Waals surface area contributed by atoms with Crippen molar-refractivity contribution < 1.29 is 4.39 Å². The summed E-state index contributed by atoms with van der Waals surface area (Å²) in [4.78, 5) is 19.7. The number of fused-ring (bicyclic) bond motifs is 1. The highest BCUT2D eigenvalue weighted by Gasteiger charge is 2.15. The minimum atomic E-state index is -0.281. The summed E-state index contributed by atoms with van der Waals surface area (Å²) in [6, 6.07) is 21.9. The Morgan fingerprint density at radius 2 is 1.79 bits per heavy atom. The Hall–Kier alpha value is -3.31. The van der Waals surface area contributed by atoms with Gasteiger partial charge in [-0.1, -0.05) is 55.5 Å². The molecule has 0 bridgehead atoms. The maximum Gasteiger partial charge on any atom is 0.258 e. The van der Waals surface area contributed by atoms with E-state index in [4.69, 9.17) is 0 Å². The predicted octanol–water partition coefficient (Wildman–Crippen LogP) is 4.50. The van der Waals surface area contributed by atoms with Crippen LogP contribution in [0.25, 0.3) is 10.9 Å². The second kappa shape index (κ2) is 8.37. The number of aromatic nitrogens is 2. The fraction of sp³-hybridized carbons (Fsp3) is 0.167. The lowest BCUT2D eigenvalue weighted by molar-refractivity contribution is 0.576. The first-order valence-corrected chi connectivity index (χ1v) is 9.69. The lowest BCUT2D eigenvalue weighted by atomic mass is 9.97. The number of para-hydroxylation sites is 1. The molecule has 0 saturated heterocycles. The van der Waals surface area contributed by atoms with Crippen molar-refractivity contribution in [2.24, 2.45) is 0 Å². The highest BCUT2D eigenvalue weighted by atomic mass is 19.1. The molecule has 0 aliphatic rings. The molecular formula is C24H22FN3O. The first-order chi connectivity index (χ1) is 14.1. The third-order valence-corrected chi connectivity index (χ3v) is 5.04. The molecule has 0 unspecified atom stereocenters. The van der Waals surface area contributed by atoms with Crippen molar-refractivity contribution in [2.75, 3.05) is 0 Å². The van der Waals surface area contributed by atoms with Crippen molar-refractivity contribution in [3.8, 4) is 0 Å². The largest absolute Gasteiger partial charge is 0.309 e. The molecule has 1 aromatic heterocycles. The van der Waals surface area contributed by atoms with Crippen LogP contribution in [0.4, 0.5) is 4.39 Å². The van der Waals surface area contributed by atoms with Gasteiger partial charge in [-0.15, -0.1) is 0 Å². The Kier molecular flexibility index (Phi) is 5.49. The number of aryl methyl sites for hydroxylation is 1. The molecule has 1 atom stereocenters. The summed E-state index contributed by atoms with van der Waals surface area (Å²) < 4.78 is 13.9. The lowest BCUT2D eigenvalue weighted by Gasteiger charge is -2.20. The second-order valence-electron chi connectivity index (χ2n) is 6.99. The summed E-state index contributed by atoms with van der Waals surface area (Å²) in [6.07, 6.45) is 0.959. The molecule has 29 heavy (non-hydrogen) atoms. The van der Waals surface area contributed by atoms with Gasteiger partial charge in [-0.3, -0.25) is 10.1 Å². The molecule has 0 fully saturated rings. The van der Waals surface area contributed by atoms with Gasteiger partial charge in [0.25, 0.3) is 5.56 Å². The minimum Gasteiger partial charge on any atom is -0.309 e. The molecule has 146 valence electrons. The highest BCUT2D eigenvalue weighted by molar-refractivity contribution is 5.77. The molecule has 0 spiro atoms. The van der Waals surface area contributed by atoms with Crippen LogP contribution >= 0.6 is 0 Å². The molecule has 0 radical (unpaired) electrons. The van der Waals surface area contributed by atoms with Crippen LogP contribution in [0.2, 0.25) is 0 Å². The van der Waals surface area contributed by atoms with Crippen molar-refractivity contribution in [3.05, 3.63) is 111 Å². The summed E-state index contributed by atoms with van der Waals surface area (Å²) in [5.41, 5.74) is 3.57. The smallest absolute Gasteiger partial charge is 0.258 e. The van der Waals surface area contributed by atoms with Crippen molar-refractivity contribution in [2.45, 2.75) is 25.9 Å². The first kappa shape index (κ1) is 19.0. The Bertz CT molecular complexity index is 1180. The summed E-state index contributed by atoms with van der Waals surface area (Å²) in [6.45, 7) is 2.45. The lowest BCUT2D eigenvalue weighted by Crippen LogP contribution is -2.25. The SMILES string of the molecule is CCc1ccc([C@H](NCc2nc3ccccc3c(=O)[nH]2)c2cccc(F)c2)cc1. The Balaban J connectivity index is 1.65. The Labute approximate surface area is 168 Å². The van der Waals surface area contributed by atoms with Crippen LogP contribution in [0.5, 0.6) is 0 Å². The number of nitrogens with one attached hydrogen (secondary N) is 2. The number of nitrogens with zero attached hydrogens (tertiary/aromatic N) is 1. The van der Waals surface area contributed by atoms with Gasteiger partial charge < -0.3 is 4.98 Å². The summed E-state index contributed by atoms with van der Waals surface area (Å²) >= 11 is 0. The van der Waals surface area contributed by atoms with Crippen molar-refractivity contribution >= 4 is 10.9 Å². The summed E-state index contributed by atoms with van der Waals surface area (Å²) in [7, 11) is 0. The number of H-pyrrole nitrogens is 1. The average molecular weight is 387 g/mol. The monoisotopic (exact) mass is 387 g/mol. The predicted molar refractivity (Wildman–Crippen MR) is 113 cm³/mol. The standard InChI is InChI=1S/C24H22FN3O/c1-2-16-10-12-17(13-11-16)23(18-6-5-7-19(25)14-18)26-15-22-27-21-9-4-3-8-20(21)24(29)28-22/h3-14,23,26H,2,15H2,1H3,(H,27,28,29)/t23-/m0/s1. The van der Waals surface area contributed by atoms with Gasteiger partial charge in [0.2, 0.25) is 0 Å². The Morgan fingerprint density at radius 1 is 1.00 bits per heavy atom. The molecule has 2 N–H and O–H groups in total. The molecule has 0 aliphatic heterocycles. The molecule has 5 heteroatoms. The van der Waals surface area contributed by atoms with E-state index in [0.717, 1.165) is 17.5 Å². The molecule has 4 aromatic rings. The van der Waals surface area contributed by atoms with E-state index in [-0.39, 0.29) is 17.4 Å². The van der Waals surface area contributed by atoms with E-state index < -0.39 is 0 Å². The van der Waals surface area contributed by atoms with Gasteiger partial charge in [0, 0.05) is 0 Å². The molecule has 0 aliphatic carbocycles. The fourth-order valence-corrected chi connectivity index (χ4v) is 3.48. The number of halogens is 1. The second-order valence-corrected chi connectivity index (χ2v) is 6.99. The number of benzene rings is 3. The quantitative estimate of drug-likeness (QED) is 0.512. The highest BCUT2D eigenvalue weighted by Crippen LogP contribution is 2.24. The molecular weight excluding hydrogens is 365 g/mol. The molecule has 0 amide bonds. The zero-order chi connectivity index (χ0) is 20.2. The maximum atomic E-state index is 13.9. The van der Waals surface area contributed by atoms with E-state index in [1.165, 1.54) is 17.7 Å². The normalized spacial score (nSPS) is 12.2. The molecule has 4 rings (SSSR count). The average Bonchev–Trinajstić information content (AvgIpc) is 2.74. The van der Waals surface area contributed by atoms with Gasteiger partial charge >= 0.3 is 0 Å². The van der Waals surface area contributed by atoms with E-state index in [2.05, 4.69) is 46.5 Å². The van der Waals surface area contributed by atoms with E-state index in [9.17, 15) is 9.18 Å². The zero-order valence-electron chi connectivity index (χ0n) is 16.2. The number of rotatable bonds is 6. The van der Waals surface area contributed by atoms with Crippen LogP contribution in [0.3, 0.4) is 0 Å². The minimum absolute atomic E-state index is 0.165. The summed E-state index contributed by atoms with van der Waals surface area (Å²) in [5, 5.41) is 3.99. The molecule has 4 nitrogen and oxygen atoms in total. The Morgan fingerprint density at radius 3 is 2.55 bits per heavy atom. The van der Waals surface area contributed by atoms with Gasteiger partial charge in [-0.25, -0.2) is 9.37 Å². The van der Waals surface area contributed by atoms with Gasteiger partial charge in [-0.2, -0.15) is 0 Å². The van der Waals surface area contributed by atoms with Crippen LogP contribution in [-0.4, -0.2) is 9.97 Å². The van der Waals surface area contributed by atoms with Gasteiger partial charge in [0.15, 0.2) is 0 Å². The molecule has 3 aromatic carbocycles. The van der Waals surface area contributed by atoms with Crippen LogP contribution in [0, 0.1) is 5.82 Å². The van der Waals surface area contributed by atoms with E-state index in [1.54, 1.807) is 12.1 Å². The van der Waals surface area contributed by atoms with E-state index in [1.807, 2.05) is 24.3 Å². The van der Waals surface area contributed by atoms with Crippen molar-refractivity contribution in [1.82, 2.24) is 15.3 Å². The van der Waals surface area contributed by atoms with E-state index >= 15 is 0 Å².